The molecule has 0 aliphatic carbocycles. The Kier molecular flexibility index (Phi) is 9.50. The Morgan fingerprint density at radius 1 is 1.00 bits per heavy atom. The van der Waals surface area contributed by atoms with Crippen LogP contribution in [-0.2, 0) is 17.8 Å². The lowest BCUT2D eigenvalue weighted by atomic mass is 10.1. The van der Waals surface area contributed by atoms with Gasteiger partial charge in [-0.25, -0.2) is 0 Å². The Morgan fingerprint density at radius 2 is 1.75 bits per heavy atom. The molecule has 0 N–H and O–H groups in total. The van der Waals surface area contributed by atoms with Crippen molar-refractivity contribution in [2.24, 2.45) is 0 Å². The van der Waals surface area contributed by atoms with Crippen molar-refractivity contribution in [3.05, 3.63) is 96.4 Å². The van der Waals surface area contributed by atoms with Crippen LogP contribution in [0.1, 0.15) is 30.0 Å². The predicted molar refractivity (Wildman–Crippen MR) is 156 cm³/mol. The molecule has 0 radical (unpaired) electrons. The molecule has 186 valence electrons. The van der Waals surface area contributed by atoms with Crippen LogP contribution < -0.4 is 9.47 Å². The maximum Gasteiger partial charge on any atom is 0.293 e. The van der Waals surface area contributed by atoms with E-state index >= 15 is 0 Å². The molecule has 4 rings (SSSR count). The summed E-state index contributed by atoms with van der Waals surface area (Å²) < 4.78 is 13.8. The Hall–Kier alpha value is -2.30. The summed E-state index contributed by atoms with van der Waals surface area (Å²) in [5, 5.41) is -0.235. The normalized spacial score (nSPS) is 14.5. The van der Waals surface area contributed by atoms with E-state index in [1.165, 1.54) is 10.5 Å². The third kappa shape index (κ3) is 6.92. The zero-order valence-corrected chi connectivity index (χ0v) is 24.3. The average Bonchev–Trinajstić information content (AvgIpc) is 3.13. The van der Waals surface area contributed by atoms with Crippen LogP contribution in [0.3, 0.4) is 0 Å². The molecule has 36 heavy (non-hydrogen) atoms. The van der Waals surface area contributed by atoms with Crippen LogP contribution in [0.5, 0.6) is 11.5 Å². The lowest BCUT2D eigenvalue weighted by Gasteiger charge is -2.15. The highest BCUT2D eigenvalue weighted by Gasteiger charge is 2.34. The van der Waals surface area contributed by atoms with Gasteiger partial charge in [0.1, 0.15) is 6.61 Å². The molecule has 5 nitrogen and oxygen atoms in total. The standard InChI is InChI=1S/C28H25BrINO4S/c1-2-34-24-16-21(15-23(29)26(24)35-18-20-10-12-22(30)13-11-20)17-25-27(32)31(28(33)36-25)14-6-9-19-7-4-3-5-8-19/h3-5,7-8,10-13,15-17H,2,6,9,14,18H2,1H3/b25-17+. The summed E-state index contributed by atoms with van der Waals surface area (Å²) in [6, 6.07) is 21.9. The fraction of sp³-hybridized carbons (Fsp3) is 0.214. The molecular weight excluding hydrogens is 653 g/mol. The van der Waals surface area contributed by atoms with Crippen molar-refractivity contribution in [1.82, 2.24) is 4.90 Å². The van der Waals surface area contributed by atoms with Crippen LogP contribution >= 0.6 is 50.3 Å². The fourth-order valence-corrected chi connectivity index (χ4v) is 5.54. The Labute approximate surface area is 237 Å². The lowest BCUT2D eigenvalue weighted by Crippen LogP contribution is -2.29. The SMILES string of the molecule is CCOc1cc(/C=C2/SC(=O)N(CCCc3ccccc3)C2=O)cc(Br)c1OCc1ccc(I)cc1. The molecule has 0 unspecified atom stereocenters. The maximum absolute atomic E-state index is 13.0. The topological polar surface area (TPSA) is 55.8 Å². The van der Waals surface area contributed by atoms with E-state index in [4.69, 9.17) is 9.47 Å². The first-order valence-corrected chi connectivity index (χ1v) is 14.3. The molecule has 1 heterocycles. The molecule has 2 amide bonds. The first-order valence-electron chi connectivity index (χ1n) is 11.6. The van der Waals surface area contributed by atoms with Gasteiger partial charge in [-0.2, -0.15) is 0 Å². The summed E-state index contributed by atoms with van der Waals surface area (Å²) in [6.07, 6.45) is 3.27. The summed E-state index contributed by atoms with van der Waals surface area (Å²) >= 11 is 6.84. The van der Waals surface area contributed by atoms with Crippen LogP contribution in [-0.4, -0.2) is 29.2 Å². The van der Waals surface area contributed by atoms with Crippen molar-refractivity contribution < 1.29 is 19.1 Å². The number of aryl methyl sites for hydroxylation is 1. The average molecular weight is 678 g/mol. The molecule has 0 atom stereocenters. The third-order valence-corrected chi connectivity index (χ3v) is 7.71. The number of rotatable bonds is 10. The number of nitrogens with zero attached hydrogens (tertiary/aromatic N) is 1. The van der Waals surface area contributed by atoms with Crippen LogP contribution in [0.15, 0.2) is 76.1 Å². The van der Waals surface area contributed by atoms with Crippen LogP contribution in [0, 0.1) is 3.57 Å². The van der Waals surface area contributed by atoms with E-state index in [-0.39, 0.29) is 11.1 Å². The second-order valence-electron chi connectivity index (χ2n) is 8.10. The maximum atomic E-state index is 13.0. The van der Waals surface area contributed by atoms with Gasteiger partial charge in [0.25, 0.3) is 11.1 Å². The highest BCUT2D eigenvalue weighted by atomic mass is 127. The summed E-state index contributed by atoms with van der Waals surface area (Å²) in [7, 11) is 0. The number of carbonyl (C=O) groups is 2. The van der Waals surface area contributed by atoms with Crippen molar-refractivity contribution in [2.45, 2.75) is 26.4 Å². The molecule has 1 aliphatic rings. The van der Waals surface area contributed by atoms with Crippen LogP contribution in [0.2, 0.25) is 0 Å². The molecule has 3 aromatic carbocycles. The van der Waals surface area contributed by atoms with E-state index in [1.807, 2.05) is 61.5 Å². The van der Waals surface area contributed by atoms with Gasteiger partial charge in [0, 0.05) is 10.1 Å². The molecule has 0 bridgehead atoms. The smallest absolute Gasteiger partial charge is 0.293 e. The predicted octanol–water partition coefficient (Wildman–Crippen LogP) is 7.70. The number of benzene rings is 3. The molecule has 0 spiro atoms. The van der Waals surface area contributed by atoms with Gasteiger partial charge in [-0.15, -0.1) is 0 Å². The van der Waals surface area contributed by atoms with Crippen molar-refractivity contribution in [3.63, 3.8) is 0 Å². The van der Waals surface area contributed by atoms with Crippen molar-refractivity contribution in [3.8, 4) is 11.5 Å². The summed E-state index contributed by atoms with van der Waals surface area (Å²) in [4.78, 5) is 27.2. The van der Waals surface area contributed by atoms with Crippen LogP contribution in [0.25, 0.3) is 6.08 Å². The molecule has 1 saturated heterocycles. The summed E-state index contributed by atoms with van der Waals surface area (Å²) in [6.45, 7) is 3.17. The van der Waals surface area contributed by atoms with Gasteiger partial charge in [-0.1, -0.05) is 42.5 Å². The molecule has 0 aromatic heterocycles. The number of amides is 2. The Morgan fingerprint density at radius 3 is 2.47 bits per heavy atom. The summed E-state index contributed by atoms with van der Waals surface area (Å²) in [5.41, 5.74) is 2.99. The highest BCUT2D eigenvalue weighted by Crippen LogP contribution is 2.39. The minimum absolute atomic E-state index is 0.235. The minimum Gasteiger partial charge on any atom is -0.490 e. The van der Waals surface area contributed by atoms with E-state index in [2.05, 4.69) is 50.7 Å². The molecule has 8 heteroatoms. The first-order chi connectivity index (χ1) is 17.4. The number of hydrogen-bond acceptors (Lipinski definition) is 5. The zero-order valence-electron chi connectivity index (χ0n) is 19.7. The van der Waals surface area contributed by atoms with E-state index in [9.17, 15) is 9.59 Å². The van der Waals surface area contributed by atoms with Gasteiger partial charge in [0.05, 0.1) is 16.0 Å². The van der Waals surface area contributed by atoms with Gasteiger partial charge < -0.3 is 9.47 Å². The number of halogens is 2. The Balaban J connectivity index is 1.46. The monoisotopic (exact) mass is 677 g/mol. The van der Waals surface area contributed by atoms with Gasteiger partial charge in [-0.3, -0.25) is 14.5 Å². The quantitative estimate of drug-likeness (QED) is 0.163. The van der Waals surface area contributed by atoms with E-state index in [0.717, 1.165) is 39.3 Å². The van der Waals surface area contributed by atoms with E-state index < -0.39 is 0 Å². The van der Waals surface area contributed by atoms with Crippen molar-refractivity contribution in [1.29, 1.82) is 0 Å². The Bertz CT molecular complexity index is 1260. The van der Waals surface area contributed by atoms with Gasteiger partial charge >= 0.3 is 0 Å². The second kappa shape index (κ2) is 12.8. The first kappa shape index (κ1) is 26.8. The number of thioether (sulfide) groups is 1. The lowest BCUT2D eigenvalue weighted by molar-refractivity contribution is -0.122. The van der Waals surface area contributed by atoms with E-state index in [0.29, 0.717) is 40.6 Å². The minimum atomic E-state index is -0.258. The largest absolute Gasteiger partial charge is 0.490 e. The third-order valence-electron chi connectivity index (χ3n) is 5.49. The highest BCUT2D eigenvalue weighted by molar-refractivity contribution is 14.1. The van der Waals surface area contributed by atoms with E-state index in [1.54, 1.807) is 6.08 Å². The molecular formula is C28H25BrINO4S. The van der Waals surface area contributed by atoms with Gasteiger partial charge in [-0.05, 0) is 117 Å². The summed E-state index contributed by atoms with van der Waals surface area (Å²) in [5.74, 6) is 0.915. The molecule has 1 fully saturated rings. The second-order valence-corrected chi connectivity index (χ2v) is 11.2. The molecule has 0 saturated carbocycles. The number of imide groups is 1. The number of ether oxygens (including phenoxy) is 2. The van der Waals surface area contributed by atoms with Crippen molar-refractivity contribution in [2.75, 3.05) is 13.2 Å². The number of carbonyl (C=O) groups excluding carboxylic acids is 2. The number of hydrogen-bond donors (Lipinski definition) is 0. The van der Waals surface area contributed by atoms with Gasteiger partial charge in [0.2, 0.25) is 0 Å². The van der Waals surface area contributed by atoms with Gasteiger partial charge in [0.15, 0.2) is 11.5 Å². The molecule has 1 aliphatic heterocycles. The molecule has 3 aromatic rings. The van der Waals surface area contributed by atoms with Crippen molar-refractivity contribution >= 4 is 67.5 Å². The zero-order chi connectivity index (χ0) is 25.5. The fourth-order valence-electron chi connectivity index (χ4n) is 3.74. The van der Waals surface area contributed by atoms with Crippen LogP contribution in [0.4, 0.5) is 4.79 Å².